The summed E-state index contributed by atoms with van der Waals surface area (Å²) in [5, 5.41) is 0. The second-order valence-corrected chi connectivity index (χ2v) is 10.5. The Morgan fingerprint density at radius 3 is 2.43 bits per heavy atom. The quantitative estimate of drug-likeness (QED) is 0.249. The van der Waals surface area contributed by atoms with Crippen LogP contribution in [-0.2, 0) is 16.1 Å². The second kappa shape index (κ2) is 12.9. The van der Waals surface area contributed by atoms with Gasteiger partial charge >= 0.3 is 5.97 Å². The number of thiazole rings is 1. The molecule has 0 bridgehead atoms. The van der Waals surface area contributed by atoms with Crippen LogP contribution in [0.1, 0.15) is 43.5 Å². The molecule has 1 aliphatic rings. The van der Waals surface area contributed by atoms with Gasteiger partial charge in [0.05, 0.1) is 42.2 Å². The van der Waals surface area contributed by atoms with E-state index in [-0.39, 0.29) is 12.2 Å². The van der Waals surface area contributed by atoms with Gasteiger partial charge in [0.25, 0.3) is 5.56 Å². The van der Waals surface area contributed by atoms with Gasteiger partial charge in [-0.3, -0.25) is 9.36 Å². The highest BCUT2D eigenvalue weighted by Gasteiger charge is 2.33. The SMILES string of the molecule is CCOC(=O)C1=C(C)N=c2s/c(=C\c3ccc(OCc4ccccc4)c(OCC)c3)c(=O)n2C1c1ccc(OC)cc1. The number of aromatic nitrogens is 1. The summed E-state index contributed by atoms with van der Waals surface area (Å²) in [6.07, 6.45) is 1.81. The second-order valence-electron chi connectivity index (χ2n) is 9.49. The van der Waals surface area contributed by atoms with E-state index in [1.165, 1.54) is 11.3 Å². The van der Waals surface area contributed by atoms with E-state index in [9.17, 15) is 9.59 Å². The molecule has 1 aliphatic heterocycles. The fourth-order valence-corrected chi connectivity index (χ4v) is 5.83. The first-order chi connectivity index (χ1) is 20.4. The Bertz CT molecular complexity index is 1790. The summed E-state index contributed by atoms with van der Waals surface area (Å²) >= 11 is 1.27. The molecule has 2 heterocycles. The fourth-order valence-electron chi connectivity index (χ4n) is 4.78. The van der Waals surface area contributed by atoms with Gasteiger partial charge in [-0.25, -0.2) is 9.79 Å². The lowest BCUT2D eigenvalue weighted by Crippen LogP contribution is -2.39. The molecule has 0 saturated carbocycles. The Labute approximate surface area is 247 Å². The van der Waals surface area contributed by atoms with E-state index < -0.39 is 12.0 Å². The molecule has 0 fully saturated rings. The standard InChI is InChI=1S/C33H32N2O6S/c1-5-39-27-18-23(12-17-26(27)41-20-22-10-8-7-9-11-22)19-28-31(36)35-30(24-13-15-25(38-4)16-14-24)29(32(37)40-6-2)21(3)34-33(35)42-28/h7-19,30H,5-6,20H2,1-4H3/b28-19-. The third-order valence-electron chi connectivity index (χ3n) is 6.75. The largest absolute Gasteiger partial charge is 0.497 e. The van der Waals surface area contributed by atoms with Crippen molar-refractivity contribution in [2.75, 3.05) is 20.3 Å². The van der Waals surface area contributed by atoms with Crippen LogP contribution in [-0.4, -0.2) is 30.9 Å². The van der Waals surface area contributed by atoms with Crippen molar-refractivity contribution in [2.24, 2.45) is 4.99 Å². The van der Waals surface area contributed by atoms with Crippen molar-refractivity contribution in [3.63, 3.8) is 0 Å². The highest BCUT2D eigenvalue weighted by Crippen LogP contribution is 2.32. The molecule has 0 amide bonds. The van der Waals surface area contributed by atoms with Crippen LogP contribution in [0, 0.1) is 0 Å². The first-order valence-electron chi connectivity index (χ1n) is 13.7. The van der Waals surface area contributed by atoms with Gasteiger partial charge in [-0.1, -0.05) is 59.9 Å². The number of hydrogen-bond donors (Lipinski definition) is 0. The van der Waals surface area contributed by atoms with E-state index in [2.05, 4.69) is 4.99 Å². The minimum Gasteiger partial charge on any atom is -0.497 e. The molecule has 1 unspecified atom stereocenters. The monoisotopic (exact) mass is 584 g/mol. The van der Waals surface area contributed by atoms with E-state index >= 15 is 0 Å². The number of esters is 1. The first kappa shape index (κ1) is 28.9. The molecule has 0 radical (unpaired) electrons. The first-order valence-corrected chi connectivity index (χ1v) is 14.5. The summed E-state index contributed by atoms with van der Waals surface area (Å²) in [6, 6.07) is 22.1. The van der Waals surface area contributed by atoms with E-state index in [0.29, 0.717) is 51.1 Å². The summed E-state index contributed by atoms with van der Waals surface area (Å²) in [7, 11) is 1.59. The van der Waals surface area contributed by atoms with Crippen LogP contribution in [0.5, 0.6) is 17.2 Å². The molecular weight excluding hydrogens is 552 g/mol. The third-order valence-corrected chi connectivity index (χ3v) is 7.73. The molecule has 0 spiro atoms. The Kier molecular flexibility index (Phi) is 8.88. The summed E-state index contributed by atoms with van der Waals surface area (Å²) in [5.74, 6) is 1.38. The average molecular weight is 585 g/mol. The highest BCUT2D eigenvalue weighted by atomic mass is 32.1. The van der Waals surface area contributed by atoms with Gasteiger partial charge in [-0.15, -0.1) is 0 Å². The van der Waals surface area contributed by atoms with Crippen LogP contribution in [0.3, 0.4) is 0 Å². The lowest BCUT2D eigenvalue weighted by molar-refractivity contribution is -0.139. The Balaban J connectivity index is 1.56. The maximum atomic E-state index is 13.9. The van der Waals surface area contributed by atoms with Crippen molar-refractivity contribution in [3.8, 4) is 17.2 Å². The van der Waals surface area contributed by atoms with Gasteiger partial charge in [0.15, 0.2) is 16.3 Å². The molecular formula is C33H32N2O6S. The van der Waals surface area contributed by atoms with Crippen LogP contribution in [0.4, 0.5) is 0 Å². The number of fused-ring (bicyclic) bond motifs is 1. The minimum atomic E-state index is -0.693. The van der Waals surface area contributed by atoms with Crippen molar-refractivity contribution < 1.29 is 23.7 Å². The molecule has 216 valence electrons. The number of hydrogen-bond acceptors (Lipinski definition) is 8. The van der Waals surface area contributed by atoms with Crippen molar-refractivity contribution >= 4 is 23.4 Å². The molecule has 5 rings (SSSR count). The number of rotatable bonds is 10. The van der Waals surface area contributed by atoms with Crippen LogP contribution in [0.15, 0.2) is 93.9 Å². The van der Waals surface area contributed by atoms with Crippen LogP contribution in [0.25, 0.3) is 6.08 Å². The lowest BCUT2D eigenvalue weighted by Gasteiger charge is -2.24. The van der Waals surface area contributed by atoms with Gasteiger partial charge in [0.1, 0.15) is 12.4 Å². The molecule has 9 heteroatoms. The third kappa shape index (κ3) is 6.01. The number of ether oxygens (including phenoxy) is 4. The maximum absolute atomic E-state index is 13.9. The Morgan fingerprint density at radius 1 is 0.976 bits per heavy atom. The van der Waals surface area contributed by atoms with Crippen molar-refractivity contribution in [1.82, 2.24) is 4.57 Å². The van der Waals surface area contributed by atoms with Gasteiger partial charge in [-0.2, -0.15) is 0 Å². The zero-order valence-corrected chi connectivity index (χ0v) is 24.8. The van der Waals surface area contributed by atoms with E-state index in [1.54, 1.807) is 37.7 Å². The maximum Gasteiger partial charge on any atom is 0.338 e. The molecule has 3 aromatic carbocycles. The number of carbonyl (C=O) groups is 1. The summed E-state index contributed by atoms with van der Waals surface area (Å²) in [5.41, 5.74) is 3.17. The number of methoxy groups -OCH3 is 1. The topological polar surface area (TPSA) is 88.4 Å². The zero-order valence-electron chi connectivity index (χ0n) is 24.0. The number of allylic oxidation sites excluding steroid dienone is 1. The van der Waals surface area contributed by atoms with Crippen molar-refractivity contribution in [3.05, 3.63) is 120 Å². The molecule has 1 atom stereocenters. The van der Waals surface area contributed by atoms with Gasteiger partial charge in [-0.05, 0) is 67.8 Å². The van der Waals surface area contributed by atoms with E-state index in [4.69, 9.17) is 18.9 Å². The van der Waals surface area contributed by atoms with Crippen LogP contribution in [0.2, 0.25) is 0 Å². The number of nitrogens with zero attached hydrogens (tertiary/aromatic N) is 2. The molecule has 1 aromatic heterocycles. The molecule has 0 saturated heterocycles. The number of benzene rings is 3. The highest BCUT2D eigenvalue weighted by molar-refractivity contribution is 7.07. The summed E-state index contributed by atoms with van der Waals surface area (Å²) in [4.78, 5) is 32.2. The Hall–Kier alpha value is -4.63. The van der Waals surface area contributed by atoms with Gasteiger partial charge in [0, 0.05) is 0 Å². The van der Waals surface area contributed by atoms with Crippen LogP contribution >= 0.6 is 11.3 Å². The zero-order chi connectivity index (χ0) is 29.6. The molecule has 8 nitrogen and oxygen atoms in total. The minimum absolute atomic E-state index is 0.211. The van der Waals surface area contributed by atoms with Crippen molar-refractivity contribution in [1.29, 1.82) is 0 Å². The predicted molar refractivity (Wildman–Crippen MR) is 162 cm³/mol. The molecule has 0 N–H and O–H groups in total. The van der Waals surface area contributed by atoms with Crippen molar-refractivity contribution in [2.45, 2.75) is 33.4 Å². The normalized spacial score (nSPS) is 14.7. The van der Waals surface area contributed by atoms with E-state index in [1.807, 2.05) is 73.7 Å². The summed E-state index contributed by atoms with van der Waals surface area (Å²) in [6.45, 7) is 6.51. The van der Waals surface area contributed by atoms with Gasteiger partial charge < -0.3 is 18.9 Å². The van der Waals surface area contributed by atoms with Gasteiger partial charge in [0.2, 0.25) is 0 Å². The average Bonchev–Trinajstić information content (AvgIpc) is 3.30. The Morgan fingerprint density at radius 2 is 1.74 bits per heavy atom. The van der Waals surface area contributed by atoms with Crippen LogP contribution < -0.4 is 29.1 Å². The molecule has 4 aromatic rings. The predicted octanol–water partition coefficient (Wildman–Crippen LogP) is 4.78. The molecule has 0 aliphatic carbocycles. The summed E-state index contributed by atoms with van der Waals surface area (Å²) < 4.78 is 24.6. The van der Waals surface area contributed by atoms with E-state index in [0.717, 1.165) is 16.7 Å². The molecule has 42 heavy (non-hydrogen) atoms. The fraction of sp³-hybridized carbons (Fsp3) is 0.242. The number of carbonyl (C=O) groups excluding carboxylic acids is 1. The lowest BCUT2D eigenvalue weighted by atomic mass is 9.96. The smallest absolute Gasteiger partial charge is 0.338 e.